The number of rotatable bonds is 5. The molecule has 0 unspecified atom stereocenters. The Morgan fingerprint density at radius 2 is 1.87 bits per heavy atom. The first-order chi connectivity index (χ1) is 18.4. The van der Waals surface area contributed by atoms with Crippen molar-refractivity contribution in [2.75, 3.05) is 52.6 Å². The number of fused-ring (bicyclic) bond motifs is 1. The van der Waals surface area contributed by atoms with Crippen molar-refractivity contribution >= 4 is 11.4 Å². The number of likely N-dealkylation sites (tertiary alicyclic amines) is 1. The van der Waals surface area contributed by atoms with Gasteiger partial charge in [0.05, 0.1) is 24.8 Å². The van der Waals surface area contributed by atoms with Gasteiger partial charge in [0.1, 0.15) is 17.2 Å². The molecule has 202 valence electrons. The van der Waals surface area contributed by atoms with Gasteiger partial charge in [-0.2, -0.15) is 4.39 Å². The Morgan fingerprint density at radius 1 is 1.08 bits per heavy atom. The number of imidazole rings is 1. The number of morpholine rings is 1. The van der Waals surface area contributed by atoms with Crippen molar-refractivity contribution in [1.29, 1.82) is 0 Å². The van der Waals surface area contributed by atoms with Crippen LogP contribution in [0.2, 0.25) is 0 Å². The van der Waals surface area contributed by atoms with E-state index in [1.54, 1.807) is 22.3 Å². The zero-order valence-corrected chi connectivity index (χ0v) is 22.0. The summed E-state index contributed by atoms with van der Waals surface area (Å²) in [5.74, 6) is 0.127. The standard InChI is InChI=1S/C29H34F2N4O3/c1-18-17-38-10-7-34(18)29(36)26-12-23(30)3-4-24(26)25-11-21(16-35-19(2)32-28(31)27(25)35)22-14-33(15-22)13-20-5-8-37-9-6-20/h3-4,11-12,16,18,20,22H,5-10,13-15,17H2,1-2H3/t18-/m1/s1. The predicted octanol–water partition coefficient (Wildman–Crippen LogP) is 4.27. The Balaban J connectivity index is 1.36. The lowest BCUT2D eigenvalue weighted by atomic mass is 9.88. The Kier molecular flexibility index (Phi) is 6.92. The van der Waals surface area contributed by atoms with Gasteiger partial charge in [-0.1, -0.05) is 6.07 Å². The van der Waals surface area contributed by atoms with Crippen LogP contribution in [0.3, 0.4) is 0 Å². The summed E-state index contributed by atoms with van der Waals surface area (Å²) in [4.78, 5) is 21.9. The molecule has 3 saturated heterocycles. The van der Waals surface area contributed by atoms with Crippen LogP contribution < -0.4 is 0 Å². The molecule has 0 radical (unpaired) electrons. The minimum Gasteiger partial charge on any atom is -0.381 e. The third-order valence-corrected chi connectivity index (χ3v) is 8.31. The lowest BCUT2D eigenvalue weighted by Gasteiger charge is -2.42. The molecule has 3 aliphatic rings. The van der Waals surface area contributed by atoms with Crippen molar-refractivity contribution in [1.82, 2.24) is 19.2 Å². The Bertz CT molecular complexity index is 1350. The van der Waals surface area contributed by atoms with Crippen molar-refractivity contribution in [2.24, 2.45) is 5.92 Å². The van der Waals surface area contributed by atoms with Crippen molar-refractivity contribution in [3.05, 3.63) is 59.2 Å². The number of ether oxygens (including phenoxy) is 2. The molecule has 3 aromatic rings. The fraction of sp³-hybridized carbons (Fsp3) is 0.517. The van der Waals surface area contributed by atoms with Crippen molar-refractivity contribution in [3.8, 4) is 11.1 Å². The van der Waals surface area contributed by atoms with Crippen LogP contribution in [0.4, 0.5) is 8.78 Å². The third kappa shape index (κ3) is 4.72. The fourth-order valence-corrected chi connectivity index (χ4v) is 6.09. The molecule has 7 nitrogen and oxygen atoms in total. The Labute approximate surface area is 221 Å². The number of carbonyl (C=O) groups excluding carboxylic acids is 1. The summed E-state index contributed by atoms with van der Waals surface area (Å²) in [6.45, 7) is 9.59. The SMILES string of the molecule is Cc1nc(F)c2c(-c3ccc(F)cc3C(=O)N3CCOC[C@H]3C)cc(C3CN(CC4CCOCC4)C3)cn12. The van der Waals surface area contributed by atoms with E-state index in [1.165, 1.54) is 12.1 Å². The summed E-state index contributed by atoms with van der Waals surface area (Å²) in [5, 5.41) is 0. The summed E-state index contributed by atoms with van der Waals surface area (Å²) in [7, 11) is 0. The van der Waals surface area contributed by atoms with Crippen LogP contribution in [0.1, 0.15) is 47.4 Å². The molecule has 0 N–H and O–H groups in total. The molecular formula is C29H34F2N4O3. The number of nitrogens with zero attached hydrogens (tertiary/aromatic N) is 4. The molecule has 9 heteroatoms. The predicted molar refractivity (Wildman–Crippen MR) is 139 cm³/mol. The molecule has 1 atom stereocenters. The molecule has 0 aliphatic carbocycles. The average Bonchev–Trinajstić information content (AvgIpc) is 3.19. The van der Waals surface area contributed by atoms with Crippen LogP contribution in [0.5, 0.6) is 0 Å². The molecule has 6 rings (SSSR count). The normalized spacial score (nSPS) is 21.7. The van der Waals surface area contributed by atoms with Gasteiger partial charge in [0, 0.05) is 57.1 Å². The first kappa shape index (κ1) is 25.4. The minimum absolute atomic E-state index is 0.135. The second-order valence-corrected chi connectivity index (χ2v) is 10.9. The van der Waals surface area contributed by atoms with Gasteiger partial charge in [-0.05, 0) is 61.9 Å². The number of aryl methyl sites for hydroxylation is 1. The zero-order chi connectivity index (χ0) is 26.4. The molecule has 3 fully saturated rings. The topological polar surface area (TPSA) is 59.3 Å². The van der Waals surface area contributed by atoms with Crippen LogP contribution in [0, 0.1) is 24.6 Å². The maximum Gasteiger partial charge on any atom is 0.254 e. The van der Waals surface area contributed by atoms with Gasteiger partial charge in [0.2, 0.25) is 5.95 Å². The number of hydrogen-bond acceptors (Lipinski definition) is 5. The summed E-state index contributed by atoms with van der Waals surface area (Å²) < 4.78 is 42.4. The van der Waals surface area contributed by atoms with E-state index in [0.29, 0.717) is 54.1 Å². The molecular weight excluding hydrogens is 490 g/mol. The highest BCUT2D eigenvalue weighted by molar-refractivity contribution is 6.03. The van der Waals surface area contributed by atoms with Crippen molar-refractivity contribution in [3.63, 3.8) is 0 Å². The zero-order valence-electron chi connectivity index (χ0n) is 22.0. The van der Waals surface area contributed by atoms with Crippen LogP contribution in [-0.4, -0.2) is 83.7 Å². The highest BCUT2D eigenvalue weighted by Crippen LogP contribution is 2.37. The first-order valence-electron chi connectivity index (χ1n) is 13.6. The largest absolute Gasteiger partial charge is 0.381 e. The van der Waals surface area contributed by atoms with E-state index in [1.807, 2.05) is 19.2 Å². The lowest BCUT2D eigenvalue weighted by molar-refractivity contribution is 0.00361. The van der Waals surface area contributed by atoms with Gasteiger partial charge in [-0.15, -0.1) is 0 Å². The van der Waals surface area contributed by atoms with Gasteiger partial charge in [0.25, 0.3) is 5.91 Å². The smallest absolute Gasteiger partial charge is 0.254 e. The molecule has 2 aromatic heterocycles. The summed E-state index contributed by atoms with van der Waals surface area (Å²) >= 11 is 0. The number of benzene rings is 1. The highest BCUT2D eigenvalue weighted by Gasteiger charge is 2.33. The van der Waals surface area contributed by atoms with E-state index in [-0.39, 0.29) is 17.5 Å². The number of pyridine rings is 1. The molecule has 0 spiro atoms. The number of aromatic nitrogens is 2. The van der Waals surface area contributed by atoms with Gasteiger partial charge in [-0.3, -0.25) is 4.79 Å². The summed E-state index contributed by atoms with van der Waals surface area (Å²) in [6.07, 6.45) is 4.18. The Hall–Kier alpha value is -2.88. The van der Waals surface area contributed by atoms with E-state index in [4.69, 9.17) is 9.47 Å². The van der Waals surface area contributed by atoms with Crippen LogP contribution in [0.25, 0.3) is 16.6 Å². The van der Waals surface area contributed by atoms with Gasteiger partial charge in [0.15, 0.2) is 0 Å². The number of halogens is 2. The maximum atomic E-state index is 15.2. The van der Waals surface area contributed by atoms with E-state index in [9.17, 15) is 9.18 Å². The molecule has 1 amide bonds. The minimum atomic E-state index is -0.596. The lowest BCUT2D eigenvalue weighted by Crippen LogP contribution is -2.47. The van der Waals surface area contributed by atoms with E-state index in [0.717, 1.165) is 51.3 Å². The van der Waals surface area contributed by atoms with Crippen LogP contribution in [-0.2, 0) is 9.47 Å². The molecule has 5 heterocycles. The molecule has 1 aromatic carbocycles. The monoisotopic (exact) mass is 524 g/mol. The highest BCUT2D eigenvalue weighted by atomic mass is 19.1. The maximum absolute atomic E-state index is 15.2. The second kappa shape index (κ2) is 10.4. The summed E-state index contributed by atoms with van der Waals surface area (Å²) in [5.41, 5.74) is 2.68. The number of hydrogen-bond donors (Lipinski definition) is 0. The molecule has 0 saturated carbocycles. The fourth-order valence-electron chi connectivity index (χ4n) is 6.09. The molecule has 3 aliphatic heterocycles. The van der Waals surface area contributed by atoms with E-state index >= 15 is 4.39 Å². The third-order valence-electron chi connectivity index (χ3n) is 8.31. The quantitative estimate of drug-likeness (QED) is 0.499. The van der Waals surface area contributed by atoms with Crippen LogP contribution >= 0.6 is 0 Å². The molecule has 38 heavy (non-hydrogen) atoms. The van der Waals surface area contributed by atoms with E-state index in [2.05, 4.69) is 9.88 Å². The van der Waals surface area contributed by atoms with Gasteiger partial charge >= 0.3 is 0 Å². The Morgan fingerprint density at radius 3 is 2.63 bits per heavy atom. The van der Waals surface area contributed by atoms with Crippen LogP contribution in [0.15, 0.2) is 30.5 Å². The van der Waals surface area contributed by atoms with Crippen molar-refractivity contribution < 1.29 is 23.0 Å². The summed E-state index contributed by atoms with van der Waals surface area (Å²) in [6, 6.07) is 6.03. The number of carbonyl (C=O) groups is 1. The number of amides is 1. The first-order valence-corrected chi connectivity index (χ1v) is 13.6. The van der Waals surface area contributed by atoms with Crippen molar-refractivity contribution in [2.45, 2.75) is 38.6 Å². The molecule has 0 bridgehead atoms. The van der Waals surface area contributed by atoms with E-state index < -0.39 is 11.8 Å². The second-order valence-electron chi connectivity index (χ2n) is 10.9. The van der Waals surface area contributed by atoms with Gasteiger partial charge < -0.3 is 23.7 Å². The average molecular weight is 525 g/mol. The van der Waals surface area contributed by atoms with Gasteiger partial charge in [-0.25, -0.2) is 9.37 Å².